The van der Waals surface area contributed by atoms with E-state index in [-0.39, 0.29) is 0 Å². The summed E-state index contributed by atoms with van der Waals surface area (Å²) in [6.45, 7) is 5.50. The van der Waals surface area contributed by atoms with Crippen LogP contribution in [0.3, 0.4) is 0 Å². The topological polar surface area (TPSA) is 55.4 Å². The molecule has 1 atom stereocenters. The van der Waals surface area contributed by atoms with Crippen LogP contribution in [0.25, 0.3) is 0 Å². The molecule has 0 aromatic heterocycles. The number of carbonyl (C=O) groups is 2. The average molecular weight is 318 g/mol. The number of hydrogen-bond acceptors (Lipinski definition) is 3. The Labute approximate surface area is 128 Å². The molecule has 0 radical (unpaired) electrons. The summed E-state index contributed by atoms with van der Waals surface area (Å²) in [6.07, 6.45) is 0. The zero-order valence-electron chi connectivity index (χ0n) is 11.8. The third-order valence-electron chi connectivity index (χ3n) is 2.70. The lowest BCUT2D eigenvalue weighted by atomic mass is 9.86. The molecule has 1 aromatic carbocycles. The molecule has 0 aliphatic rings. The number of carbonyl (C=O) groups excluding carboxylic acids is 2. The van der Waals surface area contributed by atoms with Gasteiger partial charge in [-0.05, 0) is 23.6 Å². The second-order valence-electron chi connectivity index (χ2n) is 5.45. The fourth-order valence-corrected chi connectivity index (χ4v) is 2.17. The predicted octanol–water partition coefficient (Wildman–Crippen LogP) is 3.31. The van der Waals surface area contributed by atoms with Crippen molar-refractivity contribution in [2.75, 3.05) is 7.11 Å². The normalized spacial score (nSPS) is 12.7. The highest BCUT2D eigenvalue weighted by Gasteiger charge is 2.33. The van der Waals surface area contributed by atoms with Crippen molar-refractivity contribution in [3.8, 4) is 0 Å². The molecule has 0 saturated carbocycles. The molecule has 6 heteroatoms. The summed E-state index contributed by atoms with van der Waals surface area (Å²) >= 11 is 11.7. The van der Waals surface area contributed by atoms with Gasteiger partial charge in [-0.2, -0.15) is 0 Å². The molecule has 0 bridgehead atoms. The standard InChI is InChI=1S/C14H17Cl2NO3/c1-14(2,3)11(13(19)20-4)17-12(18)8-5-9(15)7-10(16)6-8/h5-7,11H,1-4H3,(H,17,18)/t11-/m1/s1. The van der Waals surface area contributed by atoms with Gasteiger partial charge in [0.25, 0.3) is 5.91 Å². The number of nitrogens with one attached hydrogen (secondary N) is 1. The number of ether oxygens (including phenoxy) is 1. The molecule has 1 amide bonds. The minimum absolute atomic E-state index is 0.292. The molecule has 0 spiro atoms. The van der Waals surface area contributed by atoms with Gasteiger partial charge in [-0.15, -0.1) is 0 Å². The maximum atomic E-state index is 12.2. The van der Waals surface area contributed by atoms with Crippen molar-refractivity contribution in [3.63, 3.8) is 0 Å². The lowest BCUT2D eigenvalue weighted by Crippen LogP contribution is -2.49. The van der Waals surface area contributed by atoms with Crippen molar-refractivity contribution < 1.29 is 14.3 Å². The van der Waals surface area contributed by atoms with Crippen molar-refractivity contribution in [2.45, 2.75) is 26.8 Å². The van der Waals surface area contributed by atoms with E-state index in [2.05, 4.69) is 5.32 Å². The fraction of sp³-hybridized carbons (Fsp3) is 0.429. The minimum atomic E-state index is -0.766. The number of esters is 1. The van der Waals surface area contributed by atoms with Gasteiger partial charge in [0.15, 0.2) is 0 Å². The summed E-state index contributed by atoms with van der Waals surface area (Å²) in [7, 11) is 1.28. The molecule has 0 aliphatic carbocycles. The first kappa shape index (κ1) is 16.8. The molecular weight excluding hydrogens is 301 g/mol. The fourth-order valence-electron chi connectivity index (χ4n) is 1.65. The van der Waals surface area contributed by atoms with E-state index < -0.39 is 23.3 Å². The van der Waals surface area contributed by atoms with Gasteiger partial charge < -0.3 is 10.1 Å². The summed E-state index contributed by atoms with van der Waals surface area (Å²) in [5.74, 6) is -0.932. The Kier molecular flexibility index (Phi) is 5.42. The second-order valence-corrected chi connectivity index (χ2v) is 6.33. The number of benzene rings is 1. The number of rotatable bonds is 3. The van der Waals surface area contributed by atoms with E-state index in [1.165, 1.54) is 25.3 Å². The van der Waals surface area contributed by atoms with Gasteiger partial charge in [-0.3, -0.25) is 4.79 Å². The summed E-state index contributed by atoms with van der Waals surface area (Å²) < 4.78 is 4.72. The Morgan fingerprint density at radius 3 is 2.05 bits per heavy atom. The van der Waals surface area contributed by atoms with Crippen molar-refractivity contribution in [1.29, 1.82) is 0 Å². The first-order valence-corrected chi connectivity index (χ1v) is 6.75. The molecule has 1 N–H and O–H groups in total. The van der Waals surface area contributed by atoms with Crippen LogP contribution in [-0.2, 0) is 9.53 Å². The molecule has 4 nitrogen and oxygen atoms in total. The first-order valence-electron chi connectivity index (χ1n) is 6.00. The molecule has 1 aromatic rings. The Hall–Kier alpha value is -1.26. The largest absolute Gasteiger partial charge is 0.467 e. The Balaban J connectivity index is 2.99. The highest BCUT2D eigenvalue weighted by molar-refractivity contribution is 6.35. The third kappa shape index (κ3) is 4.39. The smallest absolute Gasteiger partial charge is 0.328 e. The van der Waals surface area contributed by atoms with E-state index in [0.29, 0.717) is 15.6 Å². The van der Waals surface area contributed by atoms with Crippen LogP contribution in [0.5, 0.6) is 0 Å². The predicted molar refractivity (Wildman–Crippen MR) is 79.2 cm³/mol. The highest BCUT2D eigenvalue weighted by atomic mass is 35.5. The molecule has 0 fully saturated rings. The maximum Gasteiger partial charge on any atom is 0.328 e. The van der Waals surface area contributed by atoms with Gasteiger partial charge in [0.05, 0.1) is 7.11 Å². The Bertz CT molecular complexity index is 503. The van der Waals surface area contributed by atoms with Crippen molar-refractivity contribution >= 4 is 35.1 Å². The van der Waals surface area contributed by atoms with E-state index >= 15 is 0 Å². The summed E-state index contributed by atoms with van der Waals surface area (Å²) in [5, 5.41) is 3.36. The van der Waals surface area contributed by atoms with Crippen LogP contribution in [0.15, 0.2) is 18.2 Å². The van der Waals surface area contributed by atoms with E-state index in [4.69, 9.17) is 27.9 Å². The number of halogens is 2. The van der Waals surface area contributed by atoms with Crippen LogP contribution in [0.2, 0.25) is 10.0 Å². The minimum Gasteiger partial charge on any atom is -0.467 e. The van der Waals surface area contributed by atoms with Crippen molar-refractivity contribution in [2.24, 2.45) is 5.41 Å². The zero-order chi connectivity index (χ0) is 15.5. The number of hydrogen-bond donors (Lipinski definition) is 1. The van der Waals surface area contributed by atoms with E-state index in [1.807, 2.05) is 20.8 Å². The van der Waals surface area contributed by atoms with Gasteiger partial charge in [0.2, 0.25) is 0 Å². The van der Waals surface area contributed by atoms with Gasteiger partial charge >= 0.3 is 5.97 Å². The van der Waals surface area contributed by atoms with Crippen molar-refractivity contribution in [3.05, 3.63) is 33.8 Å². The van der Waals surface area contributed by atoms with E-state index in [1.54, 1.807) is 0 Å². The SMILES string of the molecule is COC(=O)[C@@H](NC(=O)c1cc(Cl)cc(Cl)c1)C(C)(C)C. The van der Waals surface area contributed by atoms with Gasteiger partial charge in [-0.25, -0.2) is 4.79 Å². The van der Waals surface area contributed by atoms with Crippen LogP contribution in [0.4, 0.5) is 0 Å². The Morgan fingerprint density at radius 2 is 1.65 bits per heavy atom. The van der Waals surface area contributed by atoms with Crippen LogP contribution in [0, 0.1) is 5.41 Å². The first-order chi connectivity index (χ1) is 9.15. The molecule has 110 valence electrons. The third-order valence-corrected chi connectivity index (χ3v) is 3.14. The van der Waals surface area contributed by atoms with Crippen LogP contribution in [-0.4, -0.2) is 25.0 Å². The summed E-state index contributed by atoms with van der Waals surface area (Å²) in [4.78, 5) is 24.0. The van der Waals surface area contributed by atoms with Crippen LogP contribution >= 0.6 is 23.2 Å². The number of methoxy groups -OCH3 is 1. The zero-order valence-corrected chi connectivity index (χ0v) is 13.3. The molecule has 0 heterocycles. The van der Waals surface area contributed by atoms with E-state index in [0.717, 1.165) is 0 Å². The summed E-state index contributed by atoms with van der Waals surface area (Å²) in [5.41, 5.74) is -0.189. The summed E-state index contributed by atoms with van der Waals surface area (Å²) in [6, 6.07) is 3.74. The van der Waals surface area contributed by atoms with Crippen LogP contribution in [0.1, 0.15) is 31.1 Å². The lowest BCUT2D eigenvalue weighted by Gasteiger charge is -2.29. The molecule has 0 aliphatic heterocycles. The molecule has 0 saturated heterocycles. The van der Waals surface area contributed by atoms with E-state index in [9.17, 15) is 9.59 Å². The molecule has 0 unspecified atom stereocenters. The lowest BCUT2D eigenvalue weighted by molar-refractivity contribution is -0.145. The molecule has 1 rings (SSSR count). The van der Waals surface area contributed by atoms with Gasteiger partial charge in [0, 0.05) is 15.6 Å². The average Bonchev–Trinajstić information content (AvgIpc) is 2.32. The molecule has 20 heavy (non-hydrogen) atoms. The molecular formula is C14H17Cl2NO3. The van der Waals surface area contributed by atoms with Gasteiger partial charge in [0.1, 0.15) is 6.04 Å². The maximum absolute atomic E-state index is 12.2. The van der Waals surface area contributed by atoms with Gasteiger partial charge in [-0.1, -0.05) is 44.0 Å². The van der Waals surface area contributed by atoms with Crippen molar-refractivity contribution in [1.82, 2.24) is 5.32 Å². The monoisotopic (exact) mass is 317 g/mol. The quantitative estimate of drug-likeness (QED) is 0.870. The number of amides is 1. The Morgan fingerprint density at radius 1 is 1.15 bits per heavy atom. The van der Waals surface area contributed by atoms with Crippen LogP contribution < -0.4 is 5.32 Å². The second kappa shape index (κ2) is 6.46. The highest BCUT2D eigenvalue weighted by Crippen LogP contribution is 2.22.